The summed E-state index contributed by atoms with van der Waals surface area (Å²) in [6.07, 6.45) is -2.99. The van der Waals surface area contributed by atoms with E-state index in [0.29, 0.717) is 11.1 Å². The number of hydroxylamine groups is 1. The SMILES string of the molecule is CC[C@H](C)[C@H](NC(=O)[C@H](CCC(=O)O)NC(=O)[C@H](CCC(=O)O)NC(=O)C(Cc1ccc(O)c(O)c1)NOC(=O)CC1=CCC(=O)c2cc(O)ccc21)C(=O)N[C@@H](CCC(=O)O)C(=O)O. The fraction of sp³-hybridized carbons (Fsp3) is 0.429. The summed E-state index contributed by atoms with van der Waals surface area (Å²) in [4.78, 5) is 132. The fourth-order valence-corrected chi connectivity index (χ4v) is 6.45. The normalized spacial score (nSPS) is 14.7. The highest BCUT2D eigenvalue weighted by atomic mass is 16.7. The lowest BCUT2D eigenvalue weighted by Crippen LogP contribution is -2.60. The summed E-state index contributed by atoms with van der Waals surface area (Å²) in [5.41, 5.74) is 3.36. The third-order valence-electron chi connectivity index (χ3n) is 10.2. The number of aliphatic carboxylic acids is 4. The van der Waals surface area contributed by atoms with E-state index >= 15 is 0 Å². The van der Waals surface area contributed by atoms with E-state index in [9.17, 15) is 78.6 Å². The van der Waals surface area contributed by atoms with Gasteiger partial charge >= 0.3 is 29.8 Å². The van der Waals surface area contributed by atoms with Crippen LogP contribution in [-0.2, 0) is 54.4 Å². The van der Waals surface area contributed by atoms with E-state index in [4.69, 9.17) is 9.94 Å². The molecule has 352 valence electrons. The van der Waals surface area contributed by atoms with Crippen LogP contribution in [0.3, 0.4) is 0 Å². The van der Waals surface area contributed by atoms with Gasteiger partial charge in [0.2, 0.25) is 23.6 Å². The minimum Gasteiger partial charge on any atom is -0.508 e. The predicted molar refractivity (Wildman–Crippen MR) is 222 cm³/mol. The van der Waals surface area contributed by atoms with Crippen molar-refractivity contribution in [1.82, 2.24) is 26.7 Å². The minimum absolute atomic E-state index is 0.0857. The lowest BCUT2D eigenvalue weighted by atomic mass is 9.88. The second-order valence-corrected chi connectivity index (χ2v) is 15.1. The number of Topliss-reactive ketones (excluding diaryl/α,β-unsaturated/α-hetero) is 1. The molecular formula is C42H51N5O18. The van der Waals surface area contributed by atoms with Crippen LogP contribution in [0.25, 0.3) is 5.57 Å². The number of rotatable bonds is 26. The quantitative estimate of drug-likeness (QED) is 0.0451. The number of hydrogen-bond donors (Lipinski definition) is 12. The van der Waals surface area contributed by atoms with Crippen molar-refractivity contribution >= 4 is 64.8 Å². The predicted octanol–water partition coefficient (Wildman–Crippen LogP) is 0.487. The monoisotopic (exact) mass is 913 g/mol. The number of phenolic OH excluding ortho intramolecular Hbond substituents is 3. The number of amides is 4. The van der Waals surface area contributed by atoms with E-state index in [1.165, 1.54) is 37.3 Å². The Kier molecular flexibility index (Phi) is 19.4. The summed E-state index contributed by atoms with van der Waals surface area (Å²) in [6.45, 7) is 3.15. The average Bonchev–Trinajstić information content (AvgIpc) is 3.24. The van der Waals surface area contributed by atoms with E-state index in [1.54, 1.807) is 6.92 Å². The summed E-state index contributed by atoms with van der Waals surface area (Å²) in [6, 6.07) is -0.806. The molecule has 1 unspecified atom stereocenters. The Morgan fingerprint density at radius 2 is 1.18 bits per heavy atom. The maximum Gasteiger partial charge on any atom is 0.329 e. The Balaban J connectivity index is 1.88. The van der Waals surface area contributed by atoms with Crippen molar-refractivity contribution in [2.75, 3.05) is 0 Å². The van der Waals surface area contributed by atoms with Gasteiger partial charge in [-0.25, -0.2) is 4.79 Å². The molecule has 1 aliphatic carbocycles. The van der Waals surface area contributed by atoms with Gasteiger partial charge in [-0.15, -0.1) is 5.48 Å². The summed E-state index contributed by atoms with van der Waals surface area (Å²) in [5, 5.41) is 76.4. The highest BCUT2D eigenvalue weighted by Gasteiger charge is 2.35. The summed E-state index contributed by atoms with van der Waals surface area (Å²) >= 11 is 0. The molecule has 0 saturated carbocycles. The number of carboxylic acids is 4. The van der Waals surface area contributed by atoms with Gasteiger partial charge < -0.3 is 61.9 Å². The molecule has 3 rings (SSSR count). The van der Waals surface area contributed by atoms with Gasteiger partial charge in [0.15, 0.2) is 17.3 Å². The van der Waals surface area contributed by atoms with Crippen LogP contribution in [0.15, 0.2) is 42.5 Å². The number of ketones is 1. The number of aromatic hydroxyl groups is 3. The Morgan fingerprint density at radius 1 is 0.646 bits per heavy atom. The number of allylic oxidation sites excluding steroid dienone is 1. The largest absolute Gasteiger partial charge is 0.508 e. The first-order valence-electron chi connectivity index (χ1n) is 20.2. The molecule has 0 aromatic heterocycles. The van der Waals surface area contributed by atoms with Gasteiger partial charge in [-0.3, -0.25) is 43.2 Å². The molecule has 12 N–H and O–H groups in total. The van der Waals surface area contributed by atoms with Gasteiger partial charge in [0, 0.05) is 37.7 Å². The van der Waals surface area contributed by atoms with Crippen molar-refractivity contribution in [3.05, 3.63) is 59.2 Å². The van der Waals surface area contributed by atoms with Crippen molar-refractivity contribution < 1.29 is 88.5 Å². The van der Waals surface area contributed by atoms with E-state index in [-0.39, 0.29) is 35.5 Å². The van der Waals surface area contributed by atoms with Gasteiger partial charge in [0.05, 0.1) is 6.42 Å². The van der Waals surface area contributed by atoms with Crippen molar-refractivity contribution in [1.29, 1.82) is 0 Å². The molecule has 0 saturated heterocycles. The molecule has 0 radical (unpaired) electrons. The van der Waals surface area contributed by atoms with Gasteiger partial charge in [-0.05, 0) is 66.1 Å². The maximum absolute atomic E-state index is 13.9. The van der Waals surface area contributed by atoms with Gasteiger partial charge in [-0.1, -0.05) is 38.5 Å². The molecular weight excluding hydrogens is 862 g/mol. The lowest BCUT2D eigenvalue weighted by Gasteiger charge is -2.28. The van der Waals surface area contributed by atoms with Crippen molar-refractivity contribution in [2.24, 2.45) is 5.92 Å². The Morgan fingerprint density at radius 3 is 1.72 bits per heavy atom. The van der Waals surface area contributed by atoms with Crippen LogP contribution in [0.2, 0.25) is 0 Å². The van der Waals surface area contributed by atoms with Crippen LogP contribution in [-0.4, -0.2) is 125 Å². The van der Waals surface area contributed by atoms with Crippen molar-refractivity contribution in [3.8, 4) is 17.2 Å². The summed E-state index contributed by atoms with van der Waals surface area (Å²) < 4.78 is 0. The fourth-order valence-electron chi connectivity index (χ4n) is 6.45. The Bertz CT molecular complexity index is 2190. The number of carboxylic acid groups (broad SMARTS) is 4. The van der Waals surface area contributed by atoms with E-state index in [2.05, 4.69) is 26.7 Å². The number of carbonyl (C=O) groups excluding carboxylic acids is 6. The Hall–Kier alpha value is -7.56. The van der Waals surface area contributed by atoms with Crippen LogP contribution in [0.1, 0.15) is 93.1 Å². The summed E-state index contributed by atoms with van der Waals surface area (Å²) in [5.74, 6) is -13.4. The molecule has 1 aliphatic rings. The van der Waals surface area contributed by atoms with Crippen LogP contribution in [0, 0.1) is 5.92 Å². The molecule has 23 nitrogen and oxygen atoms in total. The zero-order valence-corrected chi connectivity index (χ0v) is 35.2. The molecule has 4 amide bonds. The van der Waals surface area contributed by atoms with Gasteiger partial charge in [0.1, 0.15) is 36.0 Å². The van der Waals surface area contributed by atoms with Crippen LogP contribution >= 0.6 is 0 Å². The molecule has 65 heavy (non-hydrogen) atoms. The Labute approximate surface area is 370 Å². The molecule has 0 fully saturated rings. The molecule has 0 aliphatic heterocycles. The molecule has 2 aromatic rings. The topological polar surface area (TPSA) is 382 Å². The van der Waals surface area contributed by atoms with E-state index < -0.39 is 152 Å². The molecule has 6 atom stereocenters. The van der Waals surface area contributed by atoms with Crippen molar-refractivity contribution in [3.63, 3.8) is 0 Å². The van der Waals surface area contributed by atoms with Crippen molar-refractivity contribution in [2.45, 2.75) is 108 Å². The second-order valence-electron chi connectivity index (χ2n) is 15.1. The highest BCUT2D eigenvalue weighted by Crippen LogP contribution is 2.31. The zero-order valence-electron chi connectivity index (χ0n) is 35.2. The van der Waals surface area contributed by atoms with Gasteiger partial charge in [-0.2, -0.15) is 0 Å². The number of benzene rings is 2. The standard InChI is InChI=1S/C42H51N5O18/c1-3-20(2)37(41(62)45-28(42(63)64)10-15-35(56)57)46-39(60)27(9-14-34(54)55)43-38(59)26(8-13-33(52)53)44-40(61)29(16-21-4-11-31(50)32(51)17-21)47-65-36(58)18-22-5-12-30(49)25-19-23(48)6-7-24(22)25/h4-7,11,17,19-20,26-29,37,47-48,50-51H,3,8-10,12-16,18H2,1-2H3,(H,43,59)(H,44,61)(H,45,62)(H,46,60)(H,52,53)(H,54,55)(H,56,57)(H,63,64)/t20-,26-,27-,28-,29?,37-/m0/s1. The third-order valence-corrected chi connectivity index (χ3v) is 10.2. The van der Waals surface area contributed by atoms with E-state index in [1.807, 2.05) is 0 Å². The number of hydrogen-bond acceptors (Lipinski definition) is 15. The minimum atomic E-state index is -1.77. The molecule has 0 spiro atoms. The average molecular weight is 914 g/mol. The number of carbonyl (C=O) groups is 10. The number of phenols is 3. The molecule has 23 heteroatoms. The van der Waals surface area contributed by atoms with Gasteiger partial charge in [0.25, 0.3) is 0 Å². The maximum atomic E-state index is 13.9. The van der Waals surface area contributed by atoms with E-state index in [0.717, 1.165) is 12.1 Å². The summed E-state index contributed by atoms with van der Waals surface area (Å²) in [7, 11) is 0. The first-order valence-corrected chi connectivity index (χ1v) is 20.2. The smallest absolute Gasteiger partial charge is 0.329 e. The molecule has 0 heterocycles. The van der Waals surface area contributed by atoms with Crippen LogP contribution in [0.4, 0.5) is 0 Å². The first kappa shape index (κ1) is 51.8. The molecule has 2 aromatic carbocycles. The van der Waals surface area contributed by atoms with Crippen LogP contribution in [0.5, 0.6) is 17.2 Å². The number of nitrogens with one attached hydrogen (secondary N) is 5. The highest BCUT2D eigenvalue weighted by molar-refractivity contribution is 6.06. The number of fused-ring (bicyclic) bond motifs is 1. The second kappa shape index (κ2) is 24.3. The zero-order chi connectivity index (χ0) is 48.5. The first-order chi connectivity index (χ1) is 30.6. The third kappa shape index (κ3) is 16.3. The lowest BCUT2D eigenvalue weighted by molar-refractivity contribution is -0.154. The van der Waals surface area contributed by atoms with Crippen LogP contribution < -0.4 is 26.7 Å². The molecule has 0 bridgehead atoms.